The number of hydrogen-bond donors (Lipinski definition) is 0. The van der Waals surface area contributed by atoms with Crippen LogP contribution in [-0.2, 0) is 22.6 Å². The van der Waals surface area contributed by atoms with Gasteiger partial charge in [-0.15, -0.1) is 0 Å². The second kappa shape index (κ2) is 4.66. The molecular weight excluding hydrogens is 276 g/mol. The highest BCUT2D eigenvalue weighted by Crippen LogP contribution is 2.19. The third-order valence-electron chi connectivity index (χ3n) is 2.13. The Morgan fingerprint density at radius 2 is 2.11 bits per heavy atom. The molecule has 8 heteroatoms. The molecule has 6 nitrogen and oxygen atoms in total. The van der Waals surface area contributed by atoms with Crippen LogP contribution >= 0.6 is 11.6 Å². The summed E-state index contributed by atoms with van der Waals surface area (Å²) in [5, 5.41) is 4.23. The predicted molar refractivity (Wildman–Crippen MR) is 67.8 cm³/mol. The van der Waals surface area contributed by atoms with Crippen LogP contribution in [0.5, 0.6) is 0 Å². The molecule has 0 aromatic carbocycles. The van der Waals surface area contributed by atoms with Gasteiger partial charge in [0.05, 0.1) is 11.9 Å². The molecule has 2 aromatic heterocycles. The molecular formula is C10H11ClN4O2S. The Morgan fingerprint density at radius 1 is 1.39 bits per heavy atom. The minimum absolute atomic E-state index is 0.184. The lowest BCUT2D eigenvalue weighted by atomic mass is 10.2. The molecule has 0 saturated carbocycles. The van der Waals surface area contributed by atoms with Gasteiger partial charge in [-0.3, -0.25) is 4.68 Å². The number of nitrogens with zero attached hydrogens (tertiary/aromatic N) is 4. The SMILES string of the molecule is Cn1cc(-c2cc(Cl)nc(CS(C)(=O)=O)n2)cn1. The normalized spacial score (nSPS) is 11.7. The maximum Gasteiger partial charge on any atom is 0.154 e. The van der Waals surface area contributed by atoms with E-state index in [2.05, 4.69) is 15.1 Å². The summed E-state index contributed by atoms with van der Waals surface area (Å²) in [4.78, 5) is 8.07. The van der Waals surface area contributed by atoms with Crippen molar-refractivity contribution in [1.82, 2.24) is 19.7 Å². The second-order valence-corrected chi connectivity index (χ2v) is 6.49. The molecule has 0 fully saturated rings. The van der Waals surface area contributed by atoms with Gasteiger partial charge in [0.15, 0.2) is 9.84 Å². The van der Waals surface area contributed by atoms with Gasteiger partial charge in [-0.05, 0) is 0 Å². The van der Waals surface area contributed by atoms with Crippen molar-refractivity contribution in [2.45, 2.75) is 5.75 Å². The molecule has 0 amide bonds. The summed E-state index contributed by atoms with van der Waals surface area (Å²) in [6.45, 7) is 0. The van der Waals surface area contributed by atoms with Gasteiger partial charge in [-0.2, -0.15) is 5.10 Å². The summed E-state index contributed by atoms with van der Waals surface area (Å²) in [6, 6.07) is 1.57. The molecule has 0 saturated heterocycles. The summed E-state index contributed by atoms with van der Waals surface area (Å²) in [7, 11) is -1.41. The molecule has 0 spiro atoms. The second-order valence-electron chi connectivity index (χ2n) is 3.96. The maximum atomic E-state index is 11.2. The first-order valence-corrected chi connectivity index (χ1v) is 7.47. The Labute approximate surface area is 110 Å². The first-order chi connectivity index (χ1) is 8.33. The molecule has 0 aliphatic rings. The van der Waals surface area contributed by atoms with E-state index < -0.39 is 9.84 Å². The van der Waals surface area contributed by atoms with Crippen molar-refractivity contribution in [3.63, 3.8) is 0 Å². The molecule has 0 aliphatic heterocycles. The van der Waals surface area contributed by atoms with Gasteiger partial charge in [0.1, 0.15) is 16.7 Å². The number of sulfone groups is 1. The fourth-order valence-electron chi connectivity index (χ4n) is 1.47. The summed E-state index contributed by atoms with van der Waals surface area (Å²) in [6.07, 6.45) is 4.52. The molecule has 2 rings (SSSR count). The smallest absolute Gasteiger partial charge is 0.154 e. The summed E-state index contributed by atoms with van der Waals surface area (Å²) >= 11 is 5.86. The fourth-order valence-corrected chi connectivity index (χ4v) is 2.26. The quantitative estimate of drug-likeness (QED) is 0.789. The Balaban J connectivity index is 2.44. The van der Waals surface area contributed by atoms with E-state index in [0.717, 1.165) is 11.8 Å². The van der Waals surface area contributed by atoms with Crippen molar-refractivity contribution >= 4 is 21.4 Å². The van der Waals surface area contributed by atoms with Crippen LogP contribution in [0.25, 0.3) is 11.3 Å². The third kappa shape index (κ3) is 3.27. The largest absolute Gasteiger partial charge is 0.275 e. The molecule has 2 aromatic rings. The highest BCUT2D eigenvalue weighted by atomic mass is 35.5. The van der Waals surface area contributed by atoms with E-state index in [0.29, 0.717) is 5.69 Å². The number of aromatic nitrogens is 4. The molecule has 0 radical (unpaired) electrons. The van der Waals surface area contributed by atoms with E-state index in [9.17, 15) is 8.42 Å². The van der Waals surface area contributed by atoms with Crippen molar-refractivity contribution in [2.24, 2.45) is 7.05 Å². The van der Waals surface area contributed by atoms with Crippen LogP contribution in [0.4, 0.5) is 0 Å². The molecule has 0 unspecified atom stereocenters. The van der Waals surface area contributed by atoms with Gasteiger partial charge in [0.2, 0.25) is 0 Å². The van der Waals surface area contributed by atoms with Crippen molar-refractivity contribution < 1.29 is 8.42 Å². The standard InChI is InChI=1S/C10H11ClN4O2S/c1-15-5-7(4-12-15)8-3-9(11)14-10(13-8)6-18(2,16)17/h3-5H,6H2,1-2H3. The zero-order chi connectivity index (χ0) is 13.3. The molecule has 18 heavy (non-hydrogen) atoms. The zero-order valence-electron chi connectivity index (χ0n) is 9.83. The van der Waals surface area contributed by atoms with E-state index in [1.807, 2.05) is 0 Å². The highest BCUT2D eigenvalue weighted by molar-refractivity contribution is 7.89. The van der Waals surface area contributed by atoms with Gasteiger partial charge < -0.3 is 0 Å². The lowest BCUT2D eigenvalue weighted by Gasteiger charge is -2.02. The van der Waals surface area contributed by atoms with Crippen molar-refractivity contribution in [2.75, 3.05) is 6.26 Å². The molecule has 0 atom stereocenters. The van der Waals surface area contributed by atoms with E-state index in [-0.39, 0.29) is 16.7 Å². The molecule has 0 N–H and O–H groups in total. The van der Waals surface area contributed by atoms with E-state index in [4.69, 9.17) is 11.6 Å². The fraction of sp³-hybridized carbons (Fsp3) is 0.300. The number of rotatable bonds is 3. The van der Waals surface area contributed by atoms with E-state index in [1.165, 1.54) is 0 Å². The molecule has 2 heterocycles. The van der Waals surface area contributed by atoms with E-state index in [1.54, 1.807) is 30.2 Å². The predicted octanol–water partition coefficient (Wildman–Crippen LogP) is 1.08. The van der Waals surface area contributed by atoms with Crippen LogP contribution in [0.2, 0.25) is 5.15 Å². The van der Waals surface area contributed by atoms with Crippen LogP contribution in [0.3, 0.4) is 0 Å². The topological polar surface area (TPSA) is 77.7 Å². The van der Waals surface area contributed by atoms with Gasteiger partial charge >= 0.3 is 0 Å². The Hall–Kier alpha value is -1.47. The Bertz CT molecular complexity index is 681. The van der Waals surface area contributed by atoms with E-state index >= 15 is 0 Å². The minimum Gasteiger partial charge on any atom is -0.275 e. The zero-order valence-corrected chi connectivity index (χ0v) is 11.4. The summed E-state index contributed by atoms with van der Waals surface area (Å²) < 4.78 is 24.1. The number of aryl methyl sites for hydroxylation is 1. The number of halogens is 1. The van der Waals surface area contributed by atoms with Crippen LogP contribution in [-0.4, -0.2) is 34.4 Å². The molecule has 96 valence electrons. The highest BCUT2D eigenvalue weighted by Gasteiger charge is 2.11. The number of hydrogen-bond acceptors (Lipinski definition) is 5. The van der Waals surface area contributed by atoms with Gasteiger partial charge in [0, 0.05) is 31.1 Å². The average molecular weight is 287 g/mol. The molecule has 0 bridgehead atoms. The van der Waals surface area contributed by atoms with Crippen molar-refractivity contribution in [1.29, 1.82) is 0 Å². The third-order valence-corrected chi connectivity index (χ3v) is 3.11. The summed E-state index contributed by atoms with van der Waals surface area (Å²) in [5.74, 6) is -0.0512. The van der Waals surface area contributed by atoms with Crippen LogP contribution in [0.15, 0.2) is 18.5 Å². The van der Waals surface area contributed by atoms with Gasteiger partial charge in [-0.25, -0.2) is 18.4 Å². The Kier molecular flexibility index (Phi) is 3.36. The first-order valence-electron chi connectivity index (χ1n) is 5.04. The van der Waals surface area contributed by atoms with Gasteiger partial charge in [0.25, 0.3) is 0 Å². The van der Waals surface area contributed by atoms with Crippen molar-refractivity contribution in [3.05, 3.63) is 29.4 Å². The first kappa shape index (κ1) is 13.0. The average Bonchev–Trinajstić information content (AvgIpc) is 2.61. The lowest BCUT2D eigenvalue weighted by molar-refractivity contribution is 0.599. The van der Waals surface area contributed by atoms with Crippen LogP contribution in [0.1, 0.15) is 5.82 Å². The Morgan fingerprint density at radius 3 is 2.67 bits per heavy atom. The monoisotopic (exact) mass is 286 g/mol. The molecule has 0 aliphatic carbocycles. The van der Waals surface area contributed by atoms with Crippen LogP contribution < -0.4 is 0 Å². The minimum atomic E-state index is -3.19. The lowest BCUT2D eigenvalue weighted by Crippen LogP contribution is -2.06. The van der Waals surface area contributed by atoms with Crippen molar-refractivity contribution in [3.8, 4) is 11.3 Å². The maximum absolute atomic E-state index is 11.2. The van der Waals surface area contributed by atoms with Crippen LogP contribution in [0, 0.1) is 0 Å². The summed E-state index contributed by atoms with van der Waals surface area (Å²) in [5.41, 5.74) is 1.32. The van der Waals surface area contributed by atoms with Gasteiger partial charge in [-0.1, -0.05) is 11.6 Å².